The van der Waals surface area contributed by atoms with Crippen LogP contribution in [-0.2, 0) is 23.7 Å². The van der Waals surface area contributed by atoms with Crippen LogP contribution in [0.4, 0.5) is 0 Å². The number of ether oxygens (including phenoxy) is 4. The maximum Gasteiger partial charge on any atom is 0.306 e. The highest BCUT2D eigenvalue weighted by atomic mass is 16.7. The van der Waals surface area contributed by atoms with E-state index >= 15 is 0 Å². The van der Waals surface area contributed by atoms with E-state index in [1.54, 1.807) is 0 Å². The minimum absolute atomic E-state index is 0.124. The van der Waals surface area contributed by atoms with Gasteiger partial charge in [-0.3, -0.25) is 4.79 Å². The van der Waals surface area contributed by atoms with Crippen molar-refractivity contribution in [1.29, 1.82) is 0 Å². The predicted octanol–water partition coefficient (Wildman–Crippen LogP) is 12.6. The summed E-state index contributed by atoms with van der Waals surface area (Å²) in [5.74, 6) is -0.347. The Bertz CT molecular complexity index is 1250. The molecule has 9 heteroatoms. The van der Waals surface area contributed by atoms with Gasteiger partial charge in [-0.2, -0.15) is 0 Å². The molecule has 0 bridgehead atoms. The first-order valence-corrected chi connectivity index (χ1v) is 25.7. The largest absolute Gasteiger partial charge is 0.457 e. The summed E-state index contributed by atoms with van der Waals surface area (Å²) in [5, 5.41) is 40.2. The molecule has 0 amide bonds. The molecule has 4 N–H and O–H groups in total. The first kappa shape index (κ1) is 59.4. The third-order valence-corrected chi connectivity index (χ3v) is 11.3. The van der Waals surface area contributed by atoms with Crippen LogP contribution in [0.15, 0.2) is 85.1 Å². The highest BCUT2D eigenvalue weighted by Gasteiger charge is 2.44. The van der Waals surface area contributed by atoms with E-state index in [4.69, 9.17) is 18.9 Å². The van der Waals surface area contributed by atoms with Crippen molar-refractivity contribution in [3.8, 4) is 0 Å². The molecule has 0 aromatic heterocycles. The van der Waals surface area contributed by atoms with Crippen LogP contribution >= 0.6 is 0 Å². The smallest absolute Gasteiger partial charge is 0.306 e. The molecule has 64 heavy (non-hydrogen) atoms. The molecule has 1 aliphatic heterocycles. The number of hydrogen-bond donors (Lipinski definition) is 4. The van der Waals surface area contributed by atoms with Crippen LogP contribution in [0, 0.1) is 0 Å². The fourth-order valence-corrected chi connectivity index (χ4v) is 7.31. The molecule has 1 heterocycles. The zero-order valence-corrected chi connectivity index (χ0v) is 40.5. The molecule has 0 aliphatic carbocycles. The second-order valence-electron chi connectivity index (χ2n) is 17.2. The van der Waals surface area contributed by atoms with Crippen molar-refractivity contribution in [3.05, 3.63) is 85.1 Å². The lowest BCUT2D eigenvalue weighted by molar-refractivity contribution is -0.305. The van der Waals surface area contributed by atoms with Crippen LogP contribution in [-0.4, -0.2) is 89.6 Å². The molecule has 9 nitrogen and oxygen atoms in total. The van der Waals surface area contributed by atoms with E-state index in [2.05, 4.69) is 98.9 Å². The maximum atomic E-state index is 12.8. The second kappa shape index (κ2) is 45.5. The standard InChI is InChI=1S/C55H94O9/c1-3-5-7-9-11-13-15-17-19-21-23-24-25-27-29-31-33-35-37-39-41-43-45-61-47-49(48-62-55-54(60)53(59)52(58)50(46-56)64-55)63-51(57)44-42-40-38-36-34-32-30-28-26-22-20-18-16-14-12-10-8-6-4-2/h6,8,12,14-15,17-18,20-21,23,26,28,32,34,49-50,52-56,58-60H,3-5,7,9-11,13,16,19,22,24-25,27,29-31,33,35-48H2,1-2H3/b8-6-,14-12-,17-15-,20-18-,23-21-,28-26-,34-32-. The summed E-state index contributed by atoms with van der Waals surface area (Å²) < 4.78 is 22.9. The molecule has 0 aromatic rings. The van der Waals surface area contributed by atoms with Gasteiger partial charge in [0.25, 0.3) is 0 Å². The van der Waals surface area contributed by atoms with E-state index in [0.717, 1.165) is 70.6 Å². The normalized spacial score (nSPS) is 20.2. The summed E-state index contributed by atoms with van der Waals surface area (Å²) >= 11 is 0. The zero-order valence-electron chi connectivity index (χ0n) is 40.5. The van der Waals surface area contributed by atoms with E-state index < -0.39 is 43.4 Å². The molecule has 0 aromatic carbocycles. The summed E-state index contributed by atoms with van der Waals surface area (Å²) in [6.07, 6.45) is 54.7. The quantitative estimate of drug-likeness (QED) is 0.0268. The molecular formula is C55H94O9. The van der Waals surface area contributed by atoms with Crippen molar-refractivity contribution >= 4 is 5.97 Å². The van der Waals surface area contributed by atoms with Crippen LogP contribution in [0.1, 0.15) is 194 Å². The number of carbonyl (C=O) groups excluding carboxylic acids is 1. The van der Waals surface area contributed by atoms with Crippen LogP contribution in [0.25, 0.3) is 0 Å². The summed E-state index contributed by atoms with van der Waals surface area (Å²) in [6, 6.07) is 0. The average molecular weight is 899 g/mol. The predicted molar refractivity (Wildman–Crippen MR) is 265 cm³/mol. The van der Waals surface area contributed by atoms with Gasteiger partial charge >= 0.3 is 5.97 Å². The van der Waals surface area contributed by atoms with Crippen molar-refractivity contribution in [3.63, 3.8) is 0 Å². The number of carbonyl (C=O) groups is 1. The third-order valence-electron chi connectivity index (χ3n) is 11.3. The number of unbranched alkanes of at least 4 members (excludes halogenated alkanes) is 18. The number of esters is 1. The Morgan fingerprint density at radius 1 is 0.516 bits per heavy atom. The minimum atomic E-state index is -1.55. The second-order valence-corrected chi connectivity index (χ2v) is 17.2. The van der Waals surface area contributed by atoms with Crippen molar-refractivity contribution in [2.24, 2.45) is 0 Å². The van der Waals surface area contributed by atoms with Gasteiger partial charge in [-0.15, -0.1) is 0 Å². The van der Waals surface area contributed by atoms with Gasteiger partial charge in [0.15, 0.2) is 6.29 Å². The van der Waals surface area contributed by atoms with Crippen LogP contribution in [0.2, 0.25) is 0 Å². The Hall–Kier alpha value is -2.63. The number of rotatable bonds is 43. The number of hydrogen-bond acceptors (Lipinski definition) is 9. The van der Waals surface area contributed by atoms with Gasteiger partial charge < -0.3 is 39.4 Å². The zero-order chi connectivity index (χ0) is 46.4. The van der Waals surface area contributed by atoms with Gasteiger partial charge in [-0.1, -0.05) is 182 Å². The Balaban J connectivity index is 2.24. The van der Waals surface area contributed by atoms with Crippen molar-refractivity contribution in [2.75, 3.05) is 26.4 Å². The molecule has 368 valence electrons. The van der Waals surface area contributed by atoms with Gasteiger partial charge in [-0.05, 0) is 89.9 Å². The summed E-state index contributed by atoms with van der Waals surface area (Å²) in [7, 11) is 0. The fourth-order valence-electron chi connectivity index (χ4n) is 7.31. The Morgan fingerprint density at radius 3 is 1.44 bits per heavy atom. The molecule has 0 spiro atoms. The van der Waals surface area contributed by atoms with Crippen molar-refractivity contribution < 1.29 is 44.2 Å². The lowest BCUT2D eigenvalue weighted by Crippen LogP contribution is -2.59. The van der Waals surface area contributed by atoms with Gasteiger partial charge in [0.2, 0.25) is 0 Å². The molecule has 1 aliphatic rings. The maximum absolute atomic E-state index is 12.8. The van der Waals surface area contributed by atoms with Gasteiger partial charge in [-0.25, -0.2) is 0 Å². The van der Waals surface area contributed by atoms with Crippen LogP contribution < -0.4 is 0 Å². The first-order valence-electron chi connectivity index (χ1n) is 25.7. The van der Waals surface area contributed by atoms with E-state index in [1.165, 1.54) is 96.3 Å². The van der Waals surface area contributed by atoms with Crippen molar-refractivity contribution in [2.45, 2.75) is 230 Å². The van der Waals surface area contributed by atoms with Gasteiger partial charge in [0.1, 0.15) is 30.5 Å². The Kier molecular flexibility index (Phi) is 42.2. The number of aliphatic hydroxyl groups excluding tert-OH is 4. The van der Waals surface area contributed by atoms with E-state index in [9.17, 15) is 25.2 Å². The molecule has 1 fully saturated rings. The van der Waals surface area contributed by atoms with Gasteiger partial charge in [0.05, 0.1) is 19.8 Å². The van der Waals surface area contributed by atoms with Gasteiger partial charge in [0, 0.05) is 13.0 Å². The SMILES string of the molecule is CC/C=C\C/C=C\C/C=C\C/C=C\C/C=C\CCCCCC(=O)OC(COCCCCCCCCCCCC/C=C\C/C=C\CCCCCCC)COC1OC(CO)C(O)C(O)C1O. The van der Waals surface area contributed by atoms with Crippen molar-refractivity contribution in [1.82, 2.24) is 0 Å². The summed E-state index contributed by atoms with van der Waals surface area (Å²) in [4.78, 5) is 12.8. The molecule has 0 radical (unpaired) electrons. The van der Waals surface area contributed by atoms with E-state index in [1.807, 2.05) is 0 Å². The summed E-state index contributed by atoms with van der Waals surface area (Å²) in [5.41, 5.74) is 0. The summed E-state index contributed by atoms with van der Waals surface area (Å²) in [6.45, 7) is 4.38. The number of aliphatic hydroxyl groups is 4. The van der Waals surface area contributed by atoms with E-state index in [-0.39, 0.29) is 25.6 Å². The topological polar surface area (TPSA) is 135 Å². The van der Waals surface area contributed by atoms with Crippen LogP contribution in [0.5, 0.6) is 0 Å². The lowest BCUT2D eigenvalue weighted by Gasteiger charge is -2.39. The third kappa shape index (κ3) is 35.6. The Morgan fingerprint density at radius 2 is 0.953 bits per heavy atom. The first-order chi connectivity index (χ1) is 31.4. The average Bonchev–Trinajstić information content (AvgIpc) is 3.30. The molecule has 0 saturated carbocycles. The highest BCUT2D eigenvalue weighted by molar-refractivity contribution is 5.69. The van der Waals surface area contributed by atoms with E-state index in [0.29, 0.717) is 13.0 Å². The minimum Gasteiger partial charge on any atom is -0.457 e. The monoisotopic (exact) mass is 899 g/mol. The number of allylic oxidation sites excluding steroid dienone is 14. The molecule has 1 rings (SSSR count). The highest BCUT2D eigenvalue weighted by Crippen LogP contribution is 2.22. The molecular weight excluding hydrogens is 805 g/mol. The molecule has 1 saturated heterocycles. The molecule has 6 atom stereocenters. The lowest BCUT2D eigenvalue weighted by atomic mass is 9.99. The fraction of sp³-hybridized carbons (Fsp3) is 0.727. The van der Waals surface area contributed by atoms with Crippen LogP contribution in [0.3, 0.4) is 0 Å². The molecule has 6 unspecified atom stereocenters. The Labute approximate surface area is 390 Å².